The standard InChI is InChI=1S/C17H13FN2O2S/c1-10-4-2-7-13-15(10)19-16(22)17(13)20(14(21)9-23-17)12-6-3-5-11(18)8-12/h2-8H,9H2,1H3,(H,19,22)/t17-/m1/s1. The molecule has 2 aromatic rings. The highest BCUT2D eigenvalue weighted by atomic mass is 32.2. The zero-order chi connectivity index (χ0) is 16.2. The lowest BCUT2D eigenvalue weighted by molar-refractivity contribution is -0.122. The SMILES string of the molecule is Cc1cccc2c1NC(=O)[C@]21SCC(=O)N1c1cccc(F)c1. The van der Waals surface area contributed by atoms with Gasteiger partial charge in [-0.15, -0.1) is 11.8 Å². The van der Waals surface area contributed by atoms with Gasteiger partial charge in [0, 0.05) is 11.3 Å². The van der Waals surface area contributed by atoms with Crippen molar-refractivity contribution < 1.29 is 14.0 Å². The summed E-state index contributed by atoms with van der Waals surface area (Å²) in [4.78, 5) is 25.5. The third-order valence-corrected chi connectivity index (χ3v) is 5.62. The van der Waals surface area contributed by atoms with Gasteiger partial charge >= 0.3 is 0 Å². The molecular weight excluding hydrogens is 315 g/mol. The lowest BCUT2D eigenvalue weighted by Crippen LogP contribution is -2.47. The Morgan fingerprint density at radius 3 is 2.78 bits per heavy atom. The molecule has 2 aliphatic heterocycles. The molecular formula is C17H13FN2O2S. The van der Waals surface area contributed by atoms with Gasteiger partial charge < -0.3 is 5.32 Å². The first kappa shape index (κ1) is 14.3. The van der Waals surface area contributed by atoms with E-state index in [2.05, 4.69) is 5.32 Å². The molecule has 2 aliphatic rings. The molecule has 1 spiro atoms. The lowest BCUT2D eigenvalue weighted by atomic mass is 10.0. The van der Waals surface area contributed by atoms with Crippen LogP contribution in [0.4, 0.5) is 15.8 Å². The summed E-state index contributed by atoms with van der Waals surface area (Å²) in [6.45, 7) is 1.91. The van der Waals surface area contributed by atoms with E-state index in [-0.39, 0.29) is 17.6 Å². The van der Waals surface area contributed by atoms with Crippen molar-refractivity contribution >= 4 is 35.0 Å². The molecule has 6 heteroatoms. The van der Waals surface area contributed by atoms with Crippen LogP contribution in [0.5, 0.6) is 0 Å². The number of rotatable bonds is 1. The number of hydrogen-bond acceptors (Lipinski definition) is 3. The fraction of sp³-hybridized carbons (Fsp3) is 0.176. The minimum Gasteiger partial charge on any atom is -0.322 e. The van der Waals surface area contributed by atoms with E-state index < -0.39 is 10.7 Å². The van der Waals surface area contributed by atoms with E-state index in [0.29, 0.717) is 5.69 Å². The fourth-order valence-electron chi connectivity index (χ4n) is 3.21. The summed E-state index contributed by atoms with van der Waals surface area (Å²) < 4.78 is 13.6. The third-order valence-electron chi connectivity index (χ3n) is 4.22. The van der Waals surface area contributed by atoms with Gasteiger partial charge in [-0.1, -0.05) is 24.3 Å². The molecule has 2 heterocycles. The summed E-state index contributed by atoms with van der Waals surface area (Å²) in [6, 6.07) is 11.4. The van der Waals surface area contributed by atoms with Crippen molar-refractivity contribution in [2.45, 2.75) is 11.8 Å². The first-order valence-electron chi connectivity index (χ1n) is 7.18. The largest absolute Gasteiger partial charge is 0.322 e. The number of anilines is 2. The molecule has 1 atom stereocenters. The van der Waals surface area contributed by atoms with Crippen LogP contribution in [0, 0.1) is 12.7 Å². The molecule has 0 saturated carbocycles. The van der Waals surface area contributed by atoms with Crippen LogP contribution < -0.4 is 10.2 Å². The summed E-state index contributed by atoms with van der Waals surface area (Å²) >= 11 is 1.27. The van der Waals surface area contributed by atoms with Crippen LogP contribution in [0.2, 0.25) is 0 Å². The van der Waals surface area contributed by atoms with E-state index in [1.807, 2.05) is 25.1 Å². The van der Waals surface area contributed by atoms with Gasteiger partial charge in [-0.2, -0.15) is 0 Å². The van der Waals surface area contributed by atoms with Crippen LogP contribution in [0.1, 0.15) is 11.1 Å². The number of carbonyl (C=O) groups is 2. The number of nitrogens with zero attached hydrogens (tertiary/aromatic N) is 1. The number of halogens is 1. The van der Waals surface area contributed by atoms with Crippen molar-refractivity contribution in [3.05, 3.63) is 59.4 Å². The normalized spacial score (nSPS) is 22.6. The number of benzene rings is 2. The molecule has 0 aliphatic carbocycles. The van der Waals surface area contributed by atoms with Crippen molar-refractivity contribution in [1.82, 2.24) is 0 Å². The van der Waals surface area contributed by atoms with E-state index in [9.17, 15) is 14.0 Å². The first-order chi connectivity index (χ1) is 11.0. The Morgan fingerprint density at radius 1 is 1.22 bits per heavy atom. The van der Waals surface area contributed by atoms with E-state index in [1.54, 1.807) is 12.1 Å². The zero-order valence-electron chi connectivity index (χ0n) is 12.3. The smallest absolute Gasteiger partial charge is 0.266 e. The number of fused-ring (bicyclic) bond motifs is 2. The number of aryl methyl sites for hydroxylation is 1. The van der Waals surface area contributed by atoms with Crippen LogP contribution in [-0.4, -0.2) is 17.6 Å². The van der Waals surface area contributed by atoms with Crippen LogP contribution in [0.3, 0.4) is 0 Å². The minimum atomic E-state index is -1.16. The molecule has 1 fully saturated rings. The predicted octanol–water partition coefficient (Wildman–Crippen LogP) is 3.02. The van der Waals surface area contributed by atoms with Crippen molar-refractivity contribution in [2.75, 3.05) is 16.0 Å². The highest BCUT2D eigenvalue weighted by Gasteiger charge is 2.58. The second-order valence-corrected chi connectivity index (χ2v) is 6.76. The summed E-state index contributed by atoms with van der Waals surface area (Å²) in [6.07, 6.45) is 0. The molecule has 4 rings (SSSR count). The Hall–Kier alpha value is -2.34. The zero-order valence-corrected chi connectivity index (χ0v) is 13.1. The fourth-order valence-corrected chi connectivity index (χ4v) is 4.52. The Morgan fingerprint density at radius 2 is 2.00 bits per heavy atom. The molecule has 0 bridgehead atoms. The average Bonchev–Trinajstić information content (AvgIpc) is 3.01. The summed E-state index contributed by atoms with van der Waals surface area (Å²) in [5, 5.41) is 2.89. The van der Waals surface area contributed by atoms with E-state index >= 15 is 0 Å². The third kappa shape index (κ3) is 1.84. The molecule has 1 N–H and O–H groups in total. The molecule has 116 valence electrons. The van der Waals surface area contributed by atoms with Crippen molar-refractivity contribution in [2.24, 2.45) is 0 Å². The van der Waals surface area contributed by atoms with Gasteiger partial charge in [-0.05, 0) is 30.7 Å². The molecule has 4 nitrogen and oxygen atoms in total. The summed E-state index contributed by atoms with van der Waals surface area (Å²) in [7, 11) is 0. The van der Waals surface area contributed by atoms with Crippen molar-refractivity contribution in [3.63, 3.8) is 0 Å². The quantitative estimate of drug-likeness (QED) is 0.875. The molecule has 0 radical (unpaired) electrons. The highest BCUT2D eigenvalue weighted by Crippen LogP contribution is 2.54. The van der Waals surface area contributed by atoms with Gasteiger partial charge in [0.15, 0.2) is 0 Å². The van der Waals surface area contributed by atoms with Gasteiger partial charge in [0.25, 0.3) is 5.91 Å². The van der Waals surface area contributed by atoms with Crippen LogP contribution >= 0.6 is 11.8 Å². The van der Waals surface area contributed by atoms with Gasteiger partial charge in [0.1, 0.15) is 5.82 Å². The van der Waals surface area contributed by atoms with Crippen molar-refractivity contribution in [3.8, 4) is 0 Å². The highest BCUT2D eigenvalue weighted by molar-refractivity contribution is 8.02. The number of thioether (sulfide) groups is 1. The Bertz CT molecular complexity index is 854. The predicted molar refractivity (Wildman–Crippen MR) is 87.8 cm³/mol. The Balaban J connectivity index is 1.95. The van der Waals surface area contributed by atoms with Crippen molar-refractivity contribution in [1.29, 1.82) is 0 Å². The van der Waals surface area contributed by atoms with E-state index in [1.165, 1.54) is 28.8 Å². The second kappa shape index (κ2) is 4.83. The lowest BCUT2D eigenvalue weighted by Gasteiger charge is -2.32. The van der Waals surface area contributed by atoms with Gasteiger partial charge in [-0.3, -0.25) is 14.5 Å². The maximum atomic E-state index is 13.6. The molecule has 0 aromatic heterocycles. The molecule has 2 amide bonds. The Labute approximate surface area is 136 Å². The number of carbonyl (C=O) groups excluding carboxylic acids is 2. The maximum absolute atomic E-state index is 13.6. The van der Waals surface area contributed by atoms with Crippen LogP contribution in [0.15, 0.2) is 42.5 Å². The minimum absolute atomic E-state index is 0.178. The molecule has 1 saturated heterocycles. The van der Waals surface area contributed by atoms with Crippen LogP contribution in [0.25, 0.3) is 0 Å². The van der Waals surface area contributed by atoms with Crippen LogP contribution in [-0.2, 0) is 14.5 Å². The average molecular weight is 328 g/mol. The van der Waals surface area contributed by atoms with Gasteiger partial charge in [-0.25, -0.2) is 4.39 Å². The first-order valence-corrected chi connectivity index (χ1v) is 8.17. The molecule has 23 heavy (non-hydrogen) atoms. The number of amides is 2. The summed E-state index contributed by atoms with van der Waals surface area (Å²) in [5.41, 5.74) is 2.82. The topological polar surface area (TPSA) is 49.4 Å². The number of nitrogens with one attached hydrogen (secondary N) is 1. The van der Waals surface area contributed by atoms with Gasteiger partial charge in [0.05, 0.1) is 11.4 Å². The maximum Gasteiger partial charge on any atom is 0.266 e. The second-order valence-electron chi connectivity index (χ2n) is 5.59. The Kier molecular flexibility index (Phi) is 2.99. The number of hydrogen-bond donors (Lipinski definition) is 1. The van der Waals surface area contributed by atoms with E-state index in [4.69, 9.17) is 0 Å². The van der Waals surface area contributed by atoms with E-state index in [0.717, 1.165) is 16.8 Å². The molecule has 0 unspecified atom stereocenters. The van der Waals surface area contributed by atoms with Gasteiger partial charge in [0.2, 0.25) is 10.8 Å². The summed E-state index contributed by atoms with van der Waals surface area (Å²) in [5.74, 6) is -0.727. The monoisotopic (exact) mass is 328 g/mol. The number of para-hydroxylation sites is 1. The molecule has 2 aromatic carbocycles.